The maximum atomic E-state index is 5.05. The lowest BCUT2D eigenvalue weighted by Gasteiger charge is -1.79. The van der Waals surface area contributed by atoms with Crippen molar-refractivity contribution in [1.29, 1.82) is 0 Å². The van der Waals surface area contributed by atoms with Crippen LogP contribution in [-0.2, 0) is 4.74 Å². The van der Waals surface area contributed by atoms with Crippen molar-refractivity contribution in [2.75, 3.05) is 6.61 Å². The van der Waals surface area contributed by atoms with E-state index in [1.165, 1.54) is 0 Å². The third-order valence-electron chi connectivity index (χ3n) is 1.30. The minimum atomic E-state index is 0.329. The lowest BCUT2D eigenvalue weighted by atomic mass is 10.4. The zero-order valence-electron chi connectivity index (χ0n) is 5.13. The zero-order chi connectivity index (χ0) is 6.27. The first-order chi connectivity index (χ1) is 4.36. The standard InChI is InChI=1S/C6H7NOS/c1-4-7-5(3-9-4)6-2-8-6/h3,6H,2H2,1H3/t6-/m0/s1. The van der Waals surface area contributed by atoms with Gasteiger partial charge in [-0.05, 0) is 6.92 Å². The SMILES string of the molecule is Cc1nc([C@@H]2CO2)cs1. The van der Waals surface area contributed by atoms with Gasteiger partial charge in [-0.3, -0.25) is 0 Å². The third-order valence-corrected chi connectivity index (χ3v) is 2.09. The molecule has 3 heteroatoms. The number of thiazole rings is 1. The molecule has 0 spiro atoms. The van der Waals surface area contributed by atoms with E-state index in [1.807, 2.05) is 6.92 Å². The summed E-state index contributed by atoms with van der Waals surface area (Å²) in [5.74, 6) is 0. The second-order valence-electron chi connectivity index (χ2n) is 2.11. The number of ether oxygens (including phenoxy) is 1. The van der Waals surface area contributed by atoms with Crippen LogP contribution in [0.3, 0.4) is 0 Å². The molecule has 0 N–H and O–H groups in total. The van der Waals surface area contributed by atoms with Gasteiger partial charge in [-0.1, -0.05) is 0 Å². The van der Waals surface area contributed by atoms with Crippen LogP contribution >= 0.6 is 11.3 Å². The van der Waals surface area contributed by atoms with Gasteiger partial charge in [0, 0.05) is 5.38 Å². The summed E-state index contributed by atoms with van der Waals surface area (Å²) in [7, 11) is 0. The first-order valence-corrected chi connectivity index (χ1v) is 3.78. The van der Waals surface area contributed by atoms with Crippen molar-refractivity contribution in [2.24, 2.45) is 0 Å². The molecule has 9 heavy (non-hydrogen) atoms. The summed E-state index contributed by atoms with van der Waals surface area (Å²) < 4.78 is 5.05. The molecule has 1 aliphatic heterocycles. The van der Waals surface area contributed by atoms with Gasteiger partial charge >= 0.3 is 0 Å². The van der Waals surface area contributed by atoms with Crippen molar-refractivity contribution in [3.63, 3.8) is 0 Å². The first-order valence-electron chi connectivity index (χ1n) is 2.90. The molecule has 1 atom stereocenters. The van der Waals surface area contributed by atoms with Crippen molar-refractivity contribution in [2.45, 2.75) is 13.0 Å². The number of aryl methyl sites for hydroxylation is 1. The molecule has 2 heterocycles. The fraction of sp³-hybridized carbons (Fsp3) is 0.500. The number of hydrogen-bond donors (Lipinski definition) is 0. The van der Waals surface area contributed by atoms with E-state index >= 15 is 0 Å². The Bertz CT molecular complexity index is 217. The van der Waals surface area contributed by atoms with E-state index in [1.54, 1.807) is 11.3 Å². The van der Waals surface area contributed by atoms with Gasteiger partial charge in [0.05, 0.1) is 17.3 Å². The number of hydrogen-bond acceptors (Lipinski definition) is 3. The minimum Gasteiger partial charge on any atom is -0.366 e. The second-order valence-corrected chi connectivity index (χ2v) is 3.18. The van der Waals surface area contributed by atoms with Gasteiger partial charge in [-0.15, -0.1) is 11.3 Å². The van der Waals surface area contributed by atoms with Gasteiger partial charge in [0.1, 0.15) is 6.10 Å². The van der Waals surface area contributed by atoms with E-state index in [0.717, 1.165) is 17.3 Å². The van der Waals surface area contributed by atoms with Crippen LogP contribution in [0.5, 0.6) is 0 Å². The Morgan fingerprint density at radius 3 is 3.11 bits per heavy atom. The Kier molecular flexibility index (Phi) is 1.07. The van der Waals surface area contributed by atoms with Crippen LogP contribution in [0.2, 0.25) is 0 Å². The highest BCUT2D eigenvalue weighted by atomic mass is 32.1. The van der Waals surface area contributed by atoms with Gasteiger partial charge in [-0.25, -0.2) is 4.98 Å². The molecule has 1 fully saturated rings. The molecule has 1 saturated heterocycles. The van der Waals surface area contributed by atoms with Crippen LogP contribution in [0, 0.1) is 6.92 Å². The van der Waals surface area contributed by atoms with E-state index in [9.17, 15) is 0 Å². The van der Waals surface area contributed by atoms with Crippen molar-refractivity contribution >= 4 is 11.3 Å². The fourth-order valence-corrected chi connectivity index (χ4v) is 1.40. The lowest BCUT2D eigenvalue weighted by Crippen LogP contribution is -1.78. The number of aromatic nitrogens is 1. The third kappa shape index (κ3) is 0.976. The molecular formula is C6H7NOS. The second kappa shape index (κ2) is 1.78. The first kappa shape index (κ1) is 5.38. The van der Waals surface area contributed by atoms with E-state index in [2.05, 4.69) is 10.4 Å². The topological polar surface area (TPSA) is 25.4 Å². The summed E-state index contributed by atoms with van der Waals surface area (Å²) in [6.07, 6.45) is 0.329. The van der Waals surface area contributed by atoms with E-state index < -0.39 is 0 Å². The Balaban J connectivity index is 2.28. The highest BCUT2D eigenvalue weighted by Crippen LogP contribution is 2.29. The summed E-state index contributed by atoms with van der Waals surface area (Å²) in [6.45, 7) is 2.87. The summed E-state index contributed by atoms with van der Waals surface area (Å²) >= 11 is 1.68. The summed E-state index contributed by atoms with van der Waals surface area (Å²) in [5.41, 5.74) is 1.11. The molecule has 2 nitrogen and oxygen atoms in total. The van der Waals surface area contributed by atoms with E-state index in [0.29, 0.717) is 6.10 Å². The fourth-order valence-electron chi connectivity index (χ4n) is 0.747. The molecule has 0 saturated carbocycles. The van der Waals surface area contributed by atoms with Crippen molar-refractivity contribution < 1.29 is 4.74 Å². The zero-order valence-corrected chi connectivity index (χ0v) is 5.94. The van der Waals surface area contributed by atoms with Crippen molar-refractivity contribution in [1.82, 2.24) is 4.98 Å². The predicted octanol–water partition coefficient (Wildman–Crippen LogP) is 1.52. The molecule has 1 aromatic rings. The molecule has 0 aromatic carbocycles. The highest BCUT2D eigenvalue weighted by Gasteiger charge is 2.26. The maximum absolute atomic E-state index is 5.05. The number of rotatable bonds is 1. The average Bonchev–Trinajstić information content (AvgIpc) is 2.58. The molecule has 1 aromatic heterocycles. The van der Waals surface area contributed by atoms with Crippen LogP contribution in [-0.4, -0.2) is 11.6 Å². The molecular weight excluding hydrogens is 134 g/mol. The van der Waals surface area contributed by atoms with Crippen LogP contribution in [0.15, 0.2) is 5.38 Å². The van der Waals surface area contributed by atoms with E-state index in [-0.39, 0.29) is 0 Å². The van der Waals surface area contributed by atoms with Crippen LogP contribution in [0.25, 0.3) is 0 Å². The minimum absolute atomic E-state index is 0.329. The molecule has 0 radical (unpaired) electrons. The summed E-state index contributed by atoms with van der Waals surface area (Å²) in [5, 5.41) is 3.19. The van der Waals surface area contributed by atoms with Gasteiger partial charge in [0.25, 0.3) is 0 Å². The van der Waals surface area contributed by atoms with Gasteiger partial charge in [-0.2, -0.15) is 0 Å². The quantitative estimate of drug-likeness (QED) is 0.554. The monoisotopic (exact) mass is 141 g/mol. The molecule has 0 unspecified atom stereocenters. The molecule has 48 valence electrons. The Morgan fingerprint density at radius 2 is 2.67 bits per heavy atom. The summed E-state index contributed by atoms with van der Waals surface area (Å²) in [4.78, 5) is 4.27. The molecule has 0 amide bonds. The molecule has 1 aliphatic rings. The number of nitrogens with zero attached hydrogens (tertiary/aromatic N) is 1. The average molecular weight is 141 g/mol. The van der Waals surface area contributed by atoms with Gasteiger partial charge < -0.3 is 4.74 Å². The molecule has 0 aliphatic carbocycles. The maximum Gasteiger partial charge on any atom is 0.124 e. The largest absolute Gasteiger partial charge is 0.366 e. The Labute approximate surface area is 57.5 Å². The highest BCUT2D eigenvalue weighted by molar-refractivity contribution is 7.09. The van der Waals surface area contributed by atoms with Gasteiger partial charge in [0.2, 0.25) is 0 Å². The van der Waals surface area contributed by atoms with Gasteiger partial charge in [0.15, 0.2) is 0 Å². The lowest BCUT2D eigenvalue weighted by molar-refractivity contribution is 0.412. The Hall–Kier alpha value is -0.410. The van der Waals surface area contributed by atoms with Crippen molar-refractivity contribution in [3.8, 4) is 0 Å². The Morgan fingerprint density at radius 1 is 1.89 bits per heavy atom. The molecule has 0 bridgehead atoms. The smallest absolute Gasteiger partial charge is 0.124 e. The number of epoxide rings is 1. The van der Waals surface area contributed by atoms with Crippen LogP contribution in [0.4, 0.5) is 0 Å². The summed E-state index contributed by atoms with van der Waals surface area (Å²) in [6, 6.07) is 0. The van der Waals surface area contributed by atoms with Crippen LogP contribution < -0.4 is 0 Å². The van der Waals surface area contributed by atoms with Crippen molar-refractivity contribution in [3.05, 3.63) is 16.1 Å². The normalized spacial score (nSPS) is 24.3. The predicted molar refractivity (Wildman–Crippen MR) is 35.5 cm³/mol. The van der Waals surface area contributed by atoms with Crippen LogP contribution in [0.1, 0.15) is 16.8 Å². The molecule has 2 rings (SSSR count). The van der Waals surface area contributed by atoms with E-state index in [4.69, 9.17) is 4.74 Å².